The van der Waals surface area contributed by atoms with Gasteiger partial charge in [-0.1, -0.05) is 39.8 Å². The quantitative estimate of drug-likeness (QED) is 0.787. The van der Waals surface area contributed by atoms with Gasteiger partial charge in [-0.05, 0) is 53.8 Å². The molecule has 0 fully saturated rings. The van der Waals surface area contributed by atoms with E-state index in [1.165, 1.54) is 5.56 Å². The van der Waals surface area contributed by atoms with E-state index in [4.69, 9.17) is 9.47 Å². The van der Waals surface area contributed by atoms with Gasteiger partial charge >= 0.3 is 0 Å². The fraction of sp³-hybridized carbons (Fsp3) is 0.381. The van der Waals surface area contributed by atoms with Gasteiger partial charge in [0.1, 0.15) is 11.5 Å². The van der Waals surface area contributed by atoms with Crippen molar-refractivity contribution in [1.29, 1.82) is 0 Å². The second kappa shape index (κ2) is 8.56. The van der Waals surface area contributed by atoms with Crippen molar-refractivity contribution in [2.75, 3.05) is 18.5 Å². The zero-order chi connectivity index (χ0) is 18.3. The lowest BCUT2D eigenvalue weighted by molar-refractivity contribution is -0.118. The maximum Gasteiger partial charge on any atom is 0.262 e. The van der Waals surface area contributed by atoms with Crippen LogP contribution in [0.1, 0.15) is 39.7 Å². The van der Waals surface area contributed by atoms with Gasteiger partial charge in [0.25, 0.3) is 5.91 Å². The van der Waals surface area contributed by atoms with Crippen LogP contribution in [0.4, 0.5) is 5.69 Å². The maximum atomic E-state index is 12.0. The molecule has 0 aliphatic carbocycles. The molecular formula is C21H27NO3. The number of carbonyl (C=O) groups is 1. The molecule has 0 radical (unpaired) electrons. The van der Waals surface area contributed by atoms with Crippen molar-refractivity contribution in [3.63, 3.8) is 0 Å². The monoisotopic (exact) mass is 341 g/mol. The van der Waals surface area contributed by atoms with Gasteiger partial charge in [0.2, 0.25) is 0 Å². The molecule has 0 saturated carbocycles. The Morgan fingerprint density at radius 1 is 0.920 bits per heavy atom. The Morgan fingerprint density at radius 3 is 2.04 bits per heavy atom. The molecule has 25 heavy (non-hydrogen) atoms. The molecule has 0 spiro atoms. The number of nitrogens with one attached hydrogen (secondary N) is 1. The Kier molecular flexibility index (Phi) is 6.45. The molecule has 0 heterocycles. The van der Waals surface area contributed by atoms with E-state index in [9.17, 15) is 4.79 Å². The molecule has 2 rings (SSSR count). The first-order valence-electron chi connectivity index (χ1n) is 8.64. The van der Waals surface area contributed by atoms with E-state index in [1.54, 1.807) is 0 Å². The molecule has 134 valence electrons. The summed E-state index contributed by atoms with van der Waals surface area (Å²) in [6, 6.07) is 15.2. The van der Waals surface area contributed by atoms with Crippen LogP contribution in [-0.2, 0) is 10.2 Å². The molecule has 0 bridgehead atoms. The normalized spacial score (nSPS) is 11.0. The molecular weight excluding hydrogens is 314 g/mol. The van der Waals surface area contributed by atoms with Gasteiger partial charge in [-0.25, -0.2) is 0 Å². The van der Waals surface area contributed by atoms with Crippen molar-refractivity contribution in [3.05, 3.63) is 54.1 Å². The van der Waals surface area contributed by atoms with Crippen molar-refractivity contribution in [3.8, 4) is 11.5 Å². The fourth-order valence-electron chi connectivity index (χ4n) is 2.25. The molecule has 2 aromatic rings. The number of ether oxygens (including phenoxy) is 2. The summed E-state index contributed by atoms with van der Waals surface area (Å²) in [5.74, 6) is 1.30. The Balaban J connectivity index is 1.82. The van der Waals surface area contributed by atoms with Crippen molar-refractivity contribution in [2.45, 2.75) is 39.5 Å². The molecule has 0 aliphatic heterocycles. The Hall–Kier alpha value is -2.49. The summed E-state index contributed by atoms with van der Waals surface area (Å²) in [5, 5.41) is 2.81. The zero-order valence-electron chi connectivity index (χ0n) is 15.5. The predicted molar refractivity (Wildman–Crippen MR) is 101 cm³/mol. The van der Waals surface area contributed by atoms with Crippen molar-refractivity contribution >= 4 is 11.6 Å². The summed E-state index contributed by atoms with van der Waals surface area (Å²) in [6.07, 6.45) is 0.965. The van der Waals surface area contributed by atoms with Crippen LogP contribution in [0.5, 0.6) is 11.5 Å². The number of hydrogen-bond donors (Lipinski definition) is 1. The van der Waals surface area contributed by atoms with Gasteiger partial charge in [-0.3, -0.25) is 4.79 Å². The summed E-state index contributed by atoms with van der Waals surface area (Å²) in [5.41, 5.74) is 2.05. The van der Waals surface area contributed by atoms with Crippen molar-refractivity contribution < 1.29 is 14.3 Å². The van der Waals surface area contributed by atoms with Gasteiger partial charge in [-0.15, -0.1) is 0 Å². The highest BCUT2D eigenvalue weighted by Gasteiger charge is 2.13. The Bertz CT molecular complexity index is 670. The minimum atomic E-state index is -0.192. The van der Waals surface area contributed by atoms with Gasteiger partial charge in [0.05, 0.1) is 6.61 Å². The average Bonchev–Trinajstić information content (AvgIpc) is 2.59. The van der Waals surface area contributed by atoms with Gasteiger partial charge in [0, 0.05) is 5.69 Å². The molecule has 2 aromatic carbocycles. The molecule has 0 aliphatic rings. The van der Waals surface area contributed by atoms with Gasteiger partial charge in [0.15, 0.2) is 6.61 Å². The van der Waals surface area contributed by atoms with E-state index in [2.05, 4.69) is 33.0 Å². The van der Waals surface area contributed by atoms with E-state index in [1.807, 2.05) is 48.5 Å². The van der Waals surface area contributed by atoms with Crippen molar-refractivity contribution in [2.24, 2.45) is 0 Å². The molecule has 4 heteroatoms. The Labute approximate surface area is 150 Å². The molecule has 1 amide bonds. The number of rotatable bonds is 7. The lowest BCUT2D eigenvalue weighted by Gasteiger charge is -2.19. The summed E-state index contributed by atoms with van der Waals surface area (Å²) >= 11 is 0. The summed E-state index contributed by atoms with van der Waals surface area (Å²) < 4.78 is 11.1. The summed E-state index contributed by atoms with van der Waals surface area (Å²) in [4.78, 5) is 12.0. The van der Waals surface area contributed by atoms with Gasteiger partial charge in [-0.2, -0.15) is 0 Å². The first kappa shape index (κ1) is 18.8. The fourth-order valence-corrected chi connectivity index (χ4v) is 2.25. The largest absolute Gasteiger partial charge is 0.494 e. The minimum absolute atomic E-state index is 0.0249. The standard InChI is InChI=1S/C21H27NO3/c1-5-14-24-18-12-8-17(9-13-18)22-20(23)15-25-19-10-6-16(7-11-19)21(2,3)4/h6-13H,5,14-15H2,1-4H3,(H,22,23). The highest BCUT2D eigenvalue weighted by atomic mass is 16.5. The molecule has 0 unspecified atom stereocenters. The number of hydrogen-bond acceptors (Lipinski definition) is 3. The van der Waals surface area contributed by atoms with Crippen LogP contribution < -0.4 is 14.8 Å². The smallest absolute Gasteiger partial charge is 0.262 e. The van der Waals surface area contributed by atoms with Crippen LogP contribution in [0.25, 0.3) is 0 Å². The maximum absolute atomic E-state index is 12.0. The average molecular weight is 341 g/mol. The summed E-state index contributed by atoms with van der Waals surface area (Å²) in [7, 11) is 0. The van der Waals surface area contributed by atoms with Crippen LogP contribution in [-0.4, -0.2) is 19.1 Å². The number of benzene rings is 2. The van der Waals surface area contributed by atoms with Crippen molar-refractivity contribution in [1.82, 2.24) is 0 Å². The highest BCUT2D eigenvalue weighted by molar-refractivity contribution is 5.91. The van der Waals surface area contributed by atoms with Crippen LogP contribution in [0.2, 0.25) is 0 Å². The second-order valence-electron chi connectivity index (χ2n) is 6.98. The van der Waals surface area contributed by atoms with Crippen LogP contribution in [0.15, 0.2) is 48.5 Å². The van der Waals surface area contributed by atoms with E-state index < -0.39 is 0 Å². The minimum Gasteiger partial charge on any atom is -0.494 e. The third-order valence-corrected chi connectivity index (χ3v) is 3.70. The van der Waals surface area contributed by atoms with Crippen LogP contribution in [0, 0.1) is 0 Å². The first-order chi connectivity index (χ1) is 11.9. The topological polar surface area (TPSA) is 47.6 Å². The Morgan fingerprint density at radius 2 is 1.48 bits per heavy atom. The molecule has 0 saturated heterocycles. The van der Waals surface area contributed by atoms with Crippen LogP contribution in [0.3, 0.4) is 0 Å². The van der Waals surface area contributed by atoms with E-state index >= 15 is 0 Å². The van der Waals surface area contributed by atoms with Crippen LogP contribution >= 0.6 is 0 Å². The van der Waals surface area contributed by atoms with Gasteiger partial charge < -0.3 is 14.8 Å². The van der Waals surface area contributed by atoms with E-state index in [0.717, 1.165) is 17.9 Å². The number of anilines is 1. The predicted octanol–water partition coefficient (Wildman–Crippen LogP) is 4.79. The lowest BCUT2D eigenvalue weighted by Crippen LogP contribution is -2.20. The first-order valence-corrected chi connectivity index (χ1v) is 8.64. The SMILES string of the molecule is CCCOc1ccc(NC(=O)COc2ccc(C(C)(C)C)cc2)cc1. The molecule has 1 N–H and O–H groups in total. The third kappa shape index (κ3) is 6.14. The molecule has 0 aromatic heterocycles. The second-order valence-corrected chi connectivity index (χ2v) is 6.98. The van der Waals surface area contributed by atoms with E-state index in [0.29, 0.717) is 12.4 Å². The lowest BCUT2D eigenvalue weighted by atomic mass is 9.87. The third-order valence-electron chi connectivity index (χ3n) is 3.70. The summed E-state index contributed by atoms with van der Waals surface area (Å²) in [6.45, 7) is 9.21. The molecule has 0 atom stereocenters. The number of carbonyl (C=O) groups excluding carboxylic acids is 1. The highest BCUT2D eigenvalue weighted by Crippen LogP contribution is 2.24. The zero-order valence-corrected chi connectivity index (χ0v) is 15.5. The number of amides is 1. The van der Waals surface area contributed by atoms with E-state index in [-0.39, 0.29) is 17.9 Å². The molecule has 4 nitrogen and oxygen atoms in total.